The molecule has 0 atom stereocenters. The van der Waals surface area contributed by atoms with Crippen molar-refractivity contribution in [2.24, 2.45) is 0 Å². The monoisotopic (exact) mass is 738 g/mol. The molecule has 0 spiro atoms. The molecule has 0 saturated carbocycles. The fourth-order valence-electron chi connectivity index (χ4n) is 7.52. The fourth-order valence-corrected chi connectivity index (χ4v) is 8.88. The van der Waals surface area contributed by atoms with Crippen LogP contribution in [0.4, 0.5) is 0 Å². The molecule has 3 aromatic heterocycles. The van der Waals surface area contributed by atoms with Crippen molar-refractivity contribution in [3.05, 3.63) is 188 Å². The van der Waals surface area contributed by atoms with Crippen LogP contribution in [0.5, 0.6) is 0 Å². The van der Waals surface area contributed by atoms with E-state index in [0.717, 1.165) is 81.1 Å². The van der Waals surface area contributed by atoms with Gasteiger partial charge in [0, 0.05) is 47.6 Å². The number of benzene rings is 8. The zero-order chi connectivity index (χ0) is 41.4. The lowest BCUT2D eigenvalue weighted by atomic mass is 9.99. The highest BCUT2D eigenvalue weighted by Crippen LogP contribution is 2.44. The first-order valence-corrected chi connectivity index (χ1v) is 19.1. The van der Waals surface area contributed by atoms with Crippen LogP contribution in [0.25, 0.3) is 110 Å². The number of aromatic nitrogens is 3. The summed E-state index contributed by atoms with van der Waals surface area (Å²) in [5.41, 5.74) is 9.08. The van der Waals surface area contributed by atoms with Crippen LogP contribution in [0.3, 0.4) is 0 Å². The number of furan rings is 1. The summed E-state index contributed by atoms with van der Waals surface area (Å²) in [7, 11) is 0. The highest BCUT2D eigenvalue weighted by Gasteiger charge is 2.17. The molecule has 0 unspecified atom stereocenters. The van der Waals surface area contributed by atoms with Crippen LogP contribution in [-0.4, -0.2) is 15.0 Å². The van der Waals surface area contributed by atoms with Gasteiger partial charge in [-0.25, -0.2) is 15.0 Å². The predicted molar refractivity (Wildman–Crippen MR) is 233 cm³/mol. The Kier molecular flexibility index (Phi) is 6.49. The fraction of sp³-hybridized carbons (Fsp3) is 0. The minimum Gasteiger partial charge on any atom is -0.456 e. The van der Waals surface area contributed by atoms with Crippen LogP contribution >= 0.6 is 11.3 Å². The topological polar surface area (TPSA) is 51.8 Å². The Morgan fingerprint density at radius 3 is 1.66 bits per heavy atom. The molecule has 11 aromatic rings. The molecule has 0 bridgehead atoms. The van der Waals surface area contributed by atoms with Crippen molar-refractivity contribution in [2.75, 3.05) is 0 Å². The Hall–Kier alpha value is -7.21. The van der Waals surface area contributed by atoms with Gasteiger partial charge in [0.05, 0.1) is 6.85 Å². The van der Waals surface area contributed by atoms with Gasteiger partial charge in [0.1, 0.15) is 11.2 Å². The number of rotatable bonds is 6. The van der Waals surface area contributed by atoms with Gasteiger partial charge in [-0.1, -0.05) is 164 Å². The van der Waals surface area contributed by atoms with Crippen LogP contribution in [-0.2, 0) is 0 Å². The molecule has 0 fully saturated rings. The molecule has 5 heteroatoms. The van der Waals surface area contributed by atoms with Crippen molar-refractivity contribution in [1.29, 1.82) is 0 Å². The van der Waals surface area contributed by atoms with E-state index >= 15 is 0 Å². The maximum absolute atomic E-state index is 8.69. The normalized spacial score (nSPS) is 12.8. The summed E-state index contributed by atoms with van der Waals surface area (Å²) in [6.07, 6.45) is 0. The van der Waals surface area contributed by atoms with Crippen LogP contribution in [0.2, 0.25) is 0 Å². The number of thiophene rings is 1. The van der Waals surface area contributed by atoms with E-state index in [1.165, 1.54) is 0 Å². The quantitative estimate of drug-likeness (QED) is 0.170. The maximum atomic E-state index is 8.69. The van der Waals surface area contributed by atoms with E-state index in [2.05, 4.69) is 60.7 Å². The molecule has 56 heavy (non-hydrogen) atoms. The van der Waals surface area contributed by atoms with E-state index in [1.54, 1.807) is 11.3 Å². The molecule has 11 rings (SSSR count). The SMILES string of the molecule is [2H]c1c([2H])c([2H])c(-c2cccc3c2sc2c(-c4ccc(-c5nc(-c6cccc(-c7ccccc7)c6)nc(-c6ccc7c(c6)oc6ccccc67)n5)cc4)cccc23)c([2H])c1[2H]. The summed E-state index contributed by atoms with van der Waals surface area (Å²) in [4.78, 5) is 15.2. The molecule has 0 amide bonds. The van der Waals surface area contributed by atoms with Crippen LogP contribution in [0.15, 0.2) is 192 Å². The predicted octanol–water partition coefficient (Wildman–Crippen LogP) is 14.1. The lowest BCUT2D eigenvalue weighted by Gasteiger charge is -2.10. The van der Waals surface area contributed by atoms with E-state index < -0.39 is 6.04 Å². The Labute approximate surface area is 334 Å². The molecular formula is C51H31N3OS. The number of fused-ring (bicyclic) bond motifs is 6. The van der Waals surface area contributed by atoms with Crippen molar-refractivity contribution < 1.29 is 11.3 Å². The average Bonchev–Trinajstić information content (AvgIpc) is 3.89. The van der Waals surface area contributed by atoms with Crippen molar-refractivity contribution >= 4 is 53.4 Å². The first kappa shape index (κ1) is 27.4. The molecule has 4 nitrogen and oxygen atoms in total. The first-order chi connectivity index (χ1) is 29.8. The first-order valence-electron chi connectivity index (χ1n) is 20.8. The van der Waals surface area contributed by atoms with E-state index in [1.807, 2.05) is 97.1 Å². The molecule has 0 aliphatic rings. The van der Waals surface area contributed by atoms with Crippen molar-refractivity contribution in [2.45, 2.75) is 0 Å². The minimum atomic E-state index is -0.404. The van der Waals surface area contributed by atoms with Gasteiger partial charge >= 0.3 is 0 Å². The summed E-state index contributed by atoms with van der Waals surface area (Å²) < 4.78 is 50.3. The molecule has 8 aromatic carbocycles. The van der Waals surface area contributed by atoms with Crippen LogP contribution in [0.1, 0.15) is 6.85 Å². The van der Waals surface area contributed by atoms with Gasteiger partial charge in [-0.05, 0) is 57.6 Å². The Balaban J connectivity index is 1.03. The minimum absolute atomic E-state index is 0.203. The zero-order valence-corrected chi connectivity index (χ0v) is 30.5. The van der Waals surface area contributed by atoms with Crippen LogP contribution in [0, 0.1) is 0 Å². The summed E-state index contributed by atoms with van der Waals surface area (Å²) >= 11 is 1.56. The van der Waals surface area contributed by atoms with Gasteiger partial charge in [-0.2, -0.15) is 0 Å². The Morgan fingerprint density at radius 2 is 0.911 bits per heavy atom. The second-order valence-corrected chi connectivity index (χ2v) is 14.6. The third kappa shape index (κ3) is 5.56. The van der Waals surface area contributed by atoms with Crippen molar-refractivity contribution in [3.8, 4) is 67.5 Å². The molecule has 0 aliphatic heterocycles. The largest absolute Gasteiger partial charge is 0.456 e. The lowest BCUT2D eigenvalue weighted by Crippen LogP contribution is -2.00. The highest BCUT2D eigenvalue weighted by atomic mass is 32.1. The molecular weight excluding hydrogens is 703 g/mol. The van der Waals surface area contributed by atoms with Gasteiger partial charge in [-0.15, -0.1) is 11.3 Å². The number of hydrogen-bond donors (Lipinski definition) is 0. The molecule has 3 heterocycles. The number of para-hydroxylation sites is 1. The van der Waals surface area contributed by atoms with E-state index in [4.69, 9.17) is 26.2 Å². The van der Waals surface area contributed by atoms with Gasteiger partial charge in [-0.3, -0.25) is 0 Å². The summed E-state index contributed by atoms with van der Waals surface area (Å²) in [6, 6.07) is 51.2. The Bertz CT molecular complexity index is 3520. The molecule has 262 valence electrons. The molecule has 0 aliphatic carbocycles. The smallest absolute Gasteiger partial charge is 0.164 e. The van der Waals surface area contributed by atoms with Gasteiger partial charge in [0.15, 0.2) is 17.5 Å². The molecule has 0 N–H and O–H groups in total. The highest BCUT2D eigenvalue weighted by molar-refractivity contribution is 7.26. The summed E-state index contributed by atoms with van der Waals surface area (Å²) in [6.45, 7) is 0. The van der Waals surface area contributed by atoms with Gasteiger partial charge in [0.2, 0.25) is 0 Å². The number of nitrogens with zero attached hydrogens (tertiary/aromatic N) is 3. The third-order valence-electron chi connectivity index (χ3n) is 10.2. The number of hydrogen-bond acceptors (Lipinski definition) is 5. The second-order valence-electron chi connectivity index (χ2n) is 13.6. The molecule has 0 radical (unpaired) electrons. The van der Waals surface area contributed by atoms with Crippen LogP contribution < -0.4 is 0 Å². The molecule has 0 saturated heterocycles. The van der Waals surface area contributed by atoms with Gasteiger partial charge in [0.25, 0.3) is 0 Å². The zero-order valence-electron chi connectivity index (χ0n) is 34.7. The third-order valence-corrected chi connectivity index (χ3v) is 11.5. The lowest BCUT2D eigenvalue weighted by molar-refractivity contribution is 0.669. The van der Waals surface area contributed by atoms with Crippen molar-refractivity contribution in [3.63, 3.8) is 0 Å². The Morgan fingerprint density at radius 1 is 0.375 bits per heavy atom. The second kappa shape index (κ2) is 13.3. The van der Waals surface area contributed by atoms with E-state index in [-0.39, 0.29) is 29.7 Å². The summed E-state index contributed by atoms with van der Waals surface area (Å²) in [5.74, 6) is 1.61. The van der Waals surface area contributed by atoms with Crippen molar-refractivity contribution in [1.82, 2.24) is 15.0 Å². The average molecular weight is 739 g/mol. The van der Waals surface area contributed by atoms with E-state index in [0.29, 0.717) is 23.0 Å². The van der Waals surface area contributed by atoms with Gasteiger partial charge < -0.3 is 4.42 Å². The standard InChI is InChI=1S/C51H31N3OS/c1-3-12-32(13-4-1)36-16-9-17-37(30-36)50-52-49(53-51(54-50)38-28-29-42-41-18-7-8-23-45(41)55-46(42)31-38)35-26-24-34(25-27-35)40-20-11-22-44-43-21-10-19-39(47(43)56-48(40)44)33-14-5-2-6-15-33/h1-31H/i2D,5D,6D,14D,15D. The summed E-state index contributed by atoms with van der Waals surface area (Å²) in [5, 5.41) is 4.07. The maximum Gasteiger partial charge on any atom is 0.164 e. The van der Waals surface area contributed by atoms with E-state index in [9.17, 15) is 0 Å².